The Labute approximate surface area is 583 Å². The van der Waals surface area contributed by atoms with Crippen molar-refractivity contribution in [3.05, 3.63) is 194 Å². The van der Waals surface area contributed by atoms with Crippen molar-refractivity contribution < 1.29 is 33.4 Å². The van der Waals surface area contributed by atoms with Crippen molar-refractivity contribution >= 4 is 29.7 Å². The molecule has 520 valence electrons. The van der Waals surface area contributed by atoms with Crippen molar-refractivity contribution in [1.82, 2.24) is 45.3 Å². The second kappa shape index (κ2) is 29.6. The van der Waals surface area contributed by atoms with E-state index in [1.54, 1.807) is 0 Å². The molecule has 4 atom stereocenters. The Morgan fingerprint density at radius 2 is 0.970 bits per heavy atom. The van der Waals surface area contributed by atoms with Crippen molar-refractivity contribution in [3.63, 3.8) is 0 Å². The lowest BCUT2D eigenvalue weighted by atomic mass is 9.54. The predicted octanol–water partition coefficient (Wildman–Crippen LogP) is 14.3. The van der Waals surface area contributed by atoms with Crippen LogP contribution < -0.4 is 16.0 Å². The molecule has 3 N–H and O–H groups in total. The summed E-state index contributed by atoms with van der Waals surface area (Å²) in [7, 11) is 1.46. The third kappa shape index (κ3) is 14.2. The standard InChI is InChI=1S/C29H29N3O.C28H35N3O3.C26H37N3O3/c1-21(23-14-7-3-8-15-23)30-29(33)27-26-19-11-18-25(24-16-9-4-10-17-24)28(26)32(31-27)20-22-12-5-2-6-13-22;1-2-34-28(33)20-8-9-24-23(15-20)26(30-31(24)16-17-6-4-3-5-7-17)27(32)29-25-21-11-18-10-19(13-21)14-22(25)12-18;1-32-26(31)17-7-8-22-21(14-17)24(28-29(22)20-5-3-2-4-6-20)25(30)27-23-18-10-15-9-16(12-18)13-19(23)11-15/h2-10,12-17,21,25H,11,18-20H2,1H3,(H,30,33);3-7,18-22,25H,2,8-16H2,1H3,(H,29,32);15-20,23H,2-14H2,1H3,(H,27,30)/t;;15?,16?,17-,18?,19?,23?/m..0/s1. The monoisotopic (exact) mass is 1340 g/mol. The number of benzene rings is 4. The van der Waals surface area contributed by atoms with Gasteiger partial charge < -0.3 is 25.4 Å². The maximum Gasteiger partial charge on any atom is 0.309 e. The van der Waals surface area contributed by atoms with Gasteiger partial charge in [-0.15, -0.1) is 0 Å². The molecule has 99 heavy (non-hydrogen) atoms. The van der Waals surface area contributed by atoms with E-state index in [0.717, 1.165) is 115 Å². The van der Waals surface area contributed by atoms with Crippen LogP contribution in [-0.2, 0) is 64.3 Å². The maximum absolute atomic E-state index is 13.7. The van der Waals surface area contributed by atoms with Crippen LogP contribution in [0.15, 0.2) is 121 Å². The number of esters is 2. The van der Waals surface area contributed by atoms with Gasteiger partial charge in [0, 0.05) is 46.1 Å². The van der Waals surface area contributed by atoms with E-state index in [0.29, 0.717) is 85.4 Å². The summed E-state index contributed by atoms with van der Waals surface area (Å²) in [6.45, 7) is 5.54. The van der Waals surface area contributed by atoms with E-state index in [2.05, 4.69) is 92.0 Å². The summed E-state index contributed by atoms with van der Waals surface area (Å²) in [5.41, 5.74) is 13.0. The van der Waals surface area contributed by atoms with Gasteiger partial charge in [0.05, 0.1) is 56.4 Å². The predicted molar refractivity (Wildman–Crippen MR) is 380 cm³/mol. The zero-order chi connectivity index (χ0) is 67.7. The van der Waals surface area contributed by atoms with E-state index in [9.17, 15) is 24.0 Å². The maximum atomic E-state index is 13.7. The topological polar surface area (TPSA) is 193 Å². The van der Waals surface area contributed by atoms with Crippen LogP contribution in [0.25, 0.3) is 0 Å². The molecule has 9 fully saturated rings. The molecule has 0 radical (unpaired) electrons. The van der Waals surface area contributed by atoms with Gasteiger partial charge in [0.1, 0.15) is 0 Å². The van der Waals surface area contributed by atoms with Crippen LogP contribution in [0.2, 0.25) is 0 Å². The first kappa shape index (κ1) is 66.7. The Hall–Kier alpha value is -8.14. The number of amides is 3. The SMILES string of the molecule is CC(NC(=O)c1nn(Cc2ccccc2)c2c1CCCC2c1ccccc1)c1ccccc1.CCOC(=O)C1CCc2c(c(C(=O)NC3C4CC5CC(C4)CC3C5)nn2Cc2ccccc2)C1.COC(=O)[C@H]1CCc2c(c(C(=O)NC3C4CC5CC(C4)CC3C5)nn2C2CCCCC2)C1. The van der Waals surface area contributed by atoms with Crippen LogP contribution in [0, 0.1) is 59.2 Å². The van der Waals surface area contributed by atoms with Gasteiger partial charge in [-0.2, -0.15) is 15.3 Å². The molecule has 8 bridgehead atoms. The third-order valence-electron chi connectivity index (χ3n) is 25.0. The fraction of sp³-hybridized carbons (Fsp3) is 0.542. The van der Waals surface area contributed by atoms with Crippen molar-refractivity contribution in [2.45, 2.75) is 211 Å². The molecular weight excluding hydrogens is 1230 g/mol. The van der Waals surface area contributed by atoms with Gasteiger partial charge in [-0.05, 0) is 218 Å². The lowest BCUT2D eigenvalue weighted by Gasteiger charge is -2.54. The zero-order valence-corrected chi connectivity index (χ0v) is 58.3. The number of rotatable bonds is 16. The van der Waals surface area contributed by atoms with Crippen molar-refractivity contribution in [1.29, 1.82) is 0 Å². The molecule has 0 saturated heterocycles. The highest BCUT2D eigenvalue weighted by molar-refractivity contribution is 5.96. The third-order valence-corrected chi connectivity index (χ3v) is 25.0. The number of hydrogen-bond donors (Lipinski definition) is 3. The van der Waals surface area contributed by atoms with Crippen LogP contribution in [0.3, 0.4) is 0 Å². The summed E-state index contributed by atoms with van der Waals surface area (Å²) >= 11 is 0. The van der Waals surface area contributed by atoms with Crippen LogP contribution in [0.5, 0.6) is 0 Å². The number of fused-ring (bicyclic) bond motifs is 3. The summed E-state index contributed by atoms with van der Waals surface area (Å²) < 4.78 is 16.6. The van der Waals surface area contributed by atoms with E-state index in [1.165, 1.54) is 113 Å². The minimum atomic E-state index is -0.199. The second-order valence-electron chi connectivity index (χ2n) is 31.3. The van der Waals surface area contributed by atoms with Crippen molar-refractivity contribution in [2.24, 2.45) is 59.2 Å². The Balaban J connectivity index is 0.000000121. The lowest BCUT2D eigenvalue weighted by Crippen LogP contribution is -2.56. The first-order valence-electron chi connectivity index (χ1n) is 38.0. The first-order valence-corrected chi connectivity index (χ1v) is 38.0. The second-order valence-corrected chi connectivity index (χ2v) is 31.3. The van der Waals surface area contributed by atoms with E-state index in [1.807, 2.05) is 73.1 Å². The van der Waals surface area contributed by atoms with Crippen LogP contribution in [0.4, 0.5) is 0 Å². The summed E-state index contributed by atoms with van der Waals surface area (Å²) in [6.07, 6.45) is 26.3. The molecule has 12 aliphatic carbocycles. The van der Waals surface area contributed by atoms with E-state index < -0.39 is 0 Å². The smallest absolute Gasteiger partial charge is 0.309 e. The minimum absolute atomic E-state index is 0.00111. The highest BCUT2D eigenvalue weighted by Gasteiger charge is 2.51. The zero-order valence-electron chi connectivity index (χ0n) is 58.3. The van der Waals surface area contributed by atoms with Crippen LogP contribution in [-0.4, -0.2) is 84.8 Å². The fourth-order valence-electron chi connectivity index (χ4n) is 20.7. The van der Waals surface area contributed by atoms with Crippen molar-refractivity contribution in [2.75, 3.05) is 13.7 Å². The molecule has 3 heterocycles. The quantitative estimate of drug-likeness (QED) is 0.0784. The Morgan fingerprint density at radius 1 is 0.495 bits per heavy atom. The number of nitrogens with one attached hydrogen (secondary N) is 3. The summed E-state index contributed by atoms with van der Waals surface area (Å²) in [6, 6.07) is 42.2. The Bertz CT molecular complexity index is 3950. The van der Waals surface area contributed by atoms with Gasteiger partial charge in [0.25, 0.3) is 17.7 Å². The average molecular weight is 1340 g/mol. The molecule has 12 aliphatic rings. The number of carbonyl (C=O) groups excluding carboxylic acids is 5. The number of carbonyl (C=O) groups is 5. The van der Waals surface area contributed by atoms with Crippen LogP contribution in [0.1, 0.15) is 241 Å². The summed E-state index contributed by atoms with van der Waals surface area (Å²) in [4.78, 5) is 65.6. The molecule has 3 unspecified atom stereocenters. The molecule has 0 spiro atoms. The average Bonchev–Trinajstić information content (AvgIpc) is 1.66. The molecular formula is C83H101N9O7. The molecule has 7 aromatic rings. The van der Waals surface area contributed by atoms with Crippen molar-refractivity contribution in [3.8, 4) is 0 Å². The van der Waals surface area contributed by atoms with Gasteiger partial charge in [-0.1, -0.05) is 141 Å². The first-order chi connectivity index (χ1) is 48.4. The largest absolute Gasteiger partial charge is 0.469 e. The molecule has 16 heteroatoms. The Kier molecular flexibility index (Phi) is 19.9. The normalized spacial score (nSPS) is 27.7. The number of nitrogens with zero attached hydrogens (tertiary/aromatic N) is 6. The van der Waals surface area contributed by atoms with Gasteiger partial charge in [0.15, 0.2) is 17.1 Å². The molecule has 9 saturated carbocycles. The summed E-state index contributed by atoms with van der Waals surface area (Å²) in [5, 5.41) is 24.8. The highest BCUT2D eigenvalue weighted by atomic mass is 16.5. The lowest BCUT2D eigenvalue weighted by molar-refractivity contribution is -0.148. The van der Waals surface area contributed by atoms with Gasteiger partial charge >= 0.3 is 11.9 Å². The van der Waals surface area contributed by atoms with E-state index in [4.69, 9.17) is 24.8 Å². The molecule has 19 rings (SSSR count). The fourth-order valence-corrected chi connectivity index (χ4v) is 20.7. The Morgan fingerprint density at radius 3 is 1.52 bits per heavy atom. The minimum Gasteiger partial charge on any atom is -0.469 e. The molecule has 3 amide bonds. The van der Waals surface area contributed by atoms with E-state index >= 15 is 0 Å². The van der Waals surface area contributed by atoms with Gasteiger partial charge in [-0.25, -0.2) is 0 Å². The van der Waals surface area contributed by atoms with E-state index in [-0.39, 0.29) is 59.5 Å². The number of aromatic nitrogens is 6. The molecule has 3 aromatic heterocycles. The van der Waals surface area contributed by atoms with Crippen LogP contribution >= 0.6 is 0 Å². The highest BCUT2D eigenvalue weighted by Crippen LogP contribution is 2.55. The number of ether oxygens (including phenoxy) is 2. The summed E-state index contributed by atoms with van der Waals surface area (Å²) in [5.74, 6) is 5.50. The molecule has 4 aromatic carbocycles. The van der Waals surface area contributed by atoms with Gasteiger partial charge in [0.2, 0.25) is 0 Å². The number of hydrogen-bond acceptors (Lipinski definition) is 10. The number of methoxy groups -OCH3 is 1. The van der Waals surface area contributed by atoms with Gasteiger partial charge in [-0.3, -0.25) is 38.0 Å². The molecule has 16 nitrogen and oxygen atoms in total. The molecule has 0 aliphatic heterocycles.